The predicted octanol–water partition coefficient (Wildman–Crippen LogP) is 1.72. The minimum Gasteiger partial charge on any atom is -0.465 e. The van der Waals surface area contributed by atoms with E-state index in [4.69, 9.17) is 4.74 Å². The number of esters is 2. The maximum Gasteiger partial charge on any atom is 0.337 e. The normalized spacial score (nSPS) is 11.6. The molecule has 0 unspecified atom stereocenters. The fourth-order valence-corrected chi connectivity index (χ4v) is 1.60. The summed E-state index contributed by atoms with van der Waals surface area (Å²) in [5, 5.41) is 2.53. The molecule has 6 heteroatoms. The van der Waals surface area contributed by atoms with E-state index in [1.807, 2.05) is 0 Å². The Bertz CT molecular complexity index is 604. The highest BCUT2D eigenvalue weighted by atomic mass is 16.5. The van der Waals surface area contributed by atoms with Gasteiger partial charge in [0.05, 0.1) is 12.7 Å². The van der Waals surface area contributed by atoms with E-state index in [9.17, 15) is 14.4 Å². The summed E-state index contributed by atoms with van der Waals surface area (Å²) >= 11 is 0. The van der Waals surface area contributed by atoms with Crippen molar-refractivity contribution >= 4 is 23.9 Å². The van der Waals surface area contributed by atoms with Gasteiger partial charge in [-0.2, -0.15) is 0 Å². The second-order valence-corrected chi connectivity index (χ2v) is 4.56. The Hall–Kier alpha value is -2.89. The number of nitrogens with one attached hydrogen (secondary N) is 1. The molecule has 23 heavy (non-hydrogen) atoms. The molecule has 0 heterocycles. The zero-order chi connectivity index (χ0) is 17.2. The molecule has 0 saturated heterocycles. The number of hydrogen-bond acceptors (Lipinski definition) is 5. The van der Waals surface area contributed by atoms with Gasteiger partial charge in [-0.3, -0.25) is 4.79 Å². The molecule has 122 valence electrons. The first-order chi connectivity index (χ1) is 11.0. The summed E-state index contributed by atoms with van der Waals surface area (Å²) in [4.78, 5) is 34.5. The fourth-order valence-electron chi connectivity index (χ4n) is 1.60. The van der Waals surface area contributed by atoms with Crippen LogP contribution in [0.4, 0.5) is 0 Å². The summed E-state index contributed by atoms with van der Waals surface area (Å²) in [6, 6.07) is 6.50. The van der Waals surface area contributed by atoms with Crippen molar-refractivity contribution in [3.63, 3.8) is 0 Å². The van der Waals surface area contributed by atoms with E-state index in [1.54, 1.807) is 24.3 Å². The molecule has 1 rings (SSSR count). The Balaban J connectivity index is 2.56. The van der Waals surface area contributed by atoms with Gasteiger partial charge in [-0.25, -0.2) is 9.59 Å². The van der Waals surface area contributed by atoms with Crippen molar-refractivity contribution in [2.24, 2.45) is 0 Å². The van der Waals surface area contributed by atoms with Crippen molar-refractivity contribution in [3.05, 3.63) is 54.1 Å². The minimum atomic E-state index is -0.895. The van der Waals surface area contributed by atoms with Crippen LogP contribution in [0.15, 0.2) is 43.0 Å². The smallest absolute Gasteiger partial charge is 0.337 e. The molecule has 0 aliphatic carbocycles. The number of ether oxygens (including phenoxy) is 2. The van der Waals surface area contributed by atoms with E-state index >= 15 is 0 Å². The van der Waals surface area contributed by atoms with E-state index in [0.717, 1.165) is 0 Å². The number of rotatable bonds is 7. The Morgan fingerprint density at radius 2 is 1.91 bits per heavy atom. The molecule has 0 bridgehead atoms. The van der Waals surface area contributed by atoms with Crippen molar-refractivity contribution in [1.82, 2.24) is 5.32 Å². The zero-order valence-corrected chi connectivity index (χ0v) is 13.1. The Morgan fingerprint density at radius 1 is 1.26 bits per heavy atom. The molecule has 1 aromatic rings. The quantitative estimate of drug-likeness (QED) is 0.470. The number of carbonyl (C=O) groups excluding carboxylic acids is 3. The SMILES string of the molecule is C=CCNC(=O)[C@@H](C)OC(=O)/C=C/c1ccc(C(=O)OC)cc1. The first-order valence-corrected chi connectivity index (χ1v) is 6.93. The number of amides is 1. The van der Waals surface area contributed by atoms with Gasteiger partial charge in [-0.05, 0) is 30.7 Å². The molecule has 0 aliphatic rings. The van der Waals surface area contributed by atoms with Crippen molar-refractivity contribution in [3.8, 4) is 0 Å². The van der Waals surface area contributed by atoms with E-state index in [-0.39, 0.29) is 0 Å². The average molecular weight is 317 g/mol. The molecule has 0 radical (unpaired) electrons. The van der Waals surface area contributed by atoms with Gasteiger partial charge >= 0.3 is 11.9 Å². The van der Waals surface area contributed by atoms with Crippen LogP contribution in [0, 0.1) is 0 Å². The second-order valence-electron chi connectivity index (χ2n) is 4.56. The minimum absolute atomic E-state index is 0.309. The Kier molecular flexibility index (Phi) is 7.26. The molecular formula is C17H19NO5. The van der Waals surface area contributed by atoms with Gasteiger partial charge in [0.2, 0.25) is 0 Å². The van der Waals surface area contributed by atoms with Crippen LogP contribution < -0.4 is 5.32 Å². The van der Waals surface area contributed by atoms with Gasteiger partial charge < -0.3 is 14.8 Å². The Labute approximate surface area is 134 Å². The van der Waals surface area contributed by atoms with Crippen LogP contribution in [-0.4, -0.2) is 37.6 Å². The van der Waals surface area contributed by atoms with Gasteiger partial charge in [0, 0.05) is 12.6 Å². The highest BCUT2D eigenvalue weighted by Gasteiger charge is 2.15. The van der Waals surface area contributed by atoms with Crippen LogP contribution in [0.2, 0.25) is 0 Å². The van der Waals surface area contributed by atoms with Gasteiger partial charge in [0.25, 0.3) is 5.91 Å². The number of methoxy groups -OCH3 is 1. The second kappa shape index (κ2) is 9.19. The Morgan fingerprint density at radius 3 is 2.48 bits per heavy atom. The standard InChI is InChI=1S/C17H19NO5/c1-4-11-18-16(20)12(2)23-15(19)10-7-13-5-8-14(9-6-13)17(21)22-3/h4-10,12H,1,11H2,2-3H3,(H,18,20)/b10-7+/t12-/m1/s1. The highest BCUT2D eigenvalue weighted by molar-refractivity contribution is 5.91. The molecule has 0 saturated carbocycles. The van der Waals surface area contributed by atoms with E-state index in [1.165, 1.54) is 32.3 Å². The third-order valence-electron chi connectivity index (χ3n) is 2.83. The largest absolute Gasteiger partial charge is 0.465 e. The molecular weight excluding hydrogens is 298 g/mol. The lowest BCUT2D eigenvalue weighted by atomic mass is 10.1. The molecule has 1 N–H and O–H groups in total. The molecule has 0 aliphatic heterocycles. The van der Waals surface area contributed by atoms with Crippen molar-refractivity contribution in [1.29, 1.82) is 0 Å². The molecule has 1 aromatic carbocycles. The van der Waals surface area contributed by atoms with Gasteiger partial charge in [0.1, 0.15) is 0 Å². The lowest BCUT2D eigenvalue weighted by molar-refractivity contribution is -0.150. The molecule has 0 fully saturated rings. The van der Waals surface area contributed by atoms with Crippen LogP contribution in [0.5, 0.6) is 0 Å². The van der Waals surface area contributed by atoms with E-state index < -0.39 is 23.9 Å². The molecule has 1 amide bonds. The first-order valence-electron chi connectivity index (χ1n) is 6.93. The maximum absolute atomic E-state index is 11.6. The topological polar surface area (TPSA) is 81.7 Å². The lowest BCUT2D eigenvalue weighted by Gasteiger charge is -2.11. The van der Waals surface area contributed by atoms with Gasteiger partial charge in [-0.15, -0.1) is 6.58 Å². The maximum atomic E-state index is 11.6. The summed E-state index contributed by atoms with van der Waals surface area (Å²) in [6.07, 6.45) is 3.38. The third kappa shape index (κ3) is 6.17. The van der Waals surface area contributed by atoms with Crippen molar-refractivity contribution in [2.75, 3.05) is 13.7 Å². The summed E-state index contributed by atoms with van der Waals surface area (Å²) in [7, 11) is 1.30. The number of carbonyl (C=O) groups is 3. The molecule has 6 nitrogen and oxygen atoms in total. The molecule has 0 spiro atoms. The van der Waals surface area contributed by atoms with Gasteiger partial charge in [-0.1, -0.05) is 18.2 Å². The van der Waals surface area contributed by atoms with Crippen LogP contribution in [0.3, 0.4) is 0 Å². The third-order valence-corrected chi connectivity index (χ3v) is 2.83. The monoisotopic (exact) mass is 317 g/mol. The van der Waals surface area contributed by atoms with Crippen LogP contribution in [-0.2, 0) is 19.1 Å². The van der Waals surface area contributed by atoms with Crippen LogP contribution in [0.25, 0.3) is 6.08 Å². The van der Waals surface area contributed by atoms with E-state index in [0.29, 0.717) is 17.7 Å². The van der Waals surface area contributed by atoms with Gasteiger partial charge in [0.15, 0.2) is 6.10 Å². The molecule has 0 aromatic heterocycles. The summed E-state index contributed by atoms with van der Waals surface area (Å²) in [6.45, 7) is 5.27. The lowest BCUT2D eigenvalue weighted by Crippen LogP contribution is -2.35. The number of hydrogen-bond donors (Lipinski definition) is 1. The van der Waals surface area contributed by atoms with Crippen LogP contribution >= 0.6 is 0 Å². The van der Waals surface area contributed by atoms with Crippen molar-refractivity contribution < 1.29 is 23.9 Å². The van der Waals surface area contributed by atoms with E-state index in [2.05, 4.69) is 16.6 Å². The predicted molar refractivity (Wildman–Crippen MR) is 85.6 cm³/mol. The highest BCUT2D eigenvalue weighted by Crippen LogP contribution is 2.07. The molecule has 1 atom stereocenters. The fraction of sp³-hybridized carbons (Fsp3) is 0.235. The van der Waals surface area contributed by atoms with Crippen LogP contribution in [0.1, 0.15) is 22.8 Å². The summed E-state index contributed by atoms with van der Waals surface area (Å²) in [5.74, 6) is -1.46. The summed E-state index contributed by atoms with van der Waals surface area (Å²) in [5.41, 5.74) is 1.12. The van der Waals surface area contributed by atoms with Crippen molar-refractivity contribution in [2.45, 2.75) is 13.0 Å². The first kappa shape index (κ1) is 18.2. The summed E-state index contributed by atoms with van der Waals surface area (Å²) < 4.78 is 9.56. The average Bonchev–Trinajstić information content (AvgIpc) is 2.57. The zero-order valence-electron chi connectivity index (χ0n) is 13.1. The number of benzene rings is 1.